The third-order valence-electron chi connectivity index (χ3n) is 6.94. The van der Waals surface area contributed by atoms with Gasteiger partial charge in [0.25, 0.3) is 5.91 Å². The molecule has 2 fully saturated rings. The Bertz CT molecular complexity index is 1150. The van der Waals surface area contributed by atoms with Crippen molar-refractivity contribution in [2.45, 2.75) is 56.5 Å². The number of pyridine rings is 2. The zero-order valence-electron chi connectivity index (χ0n) is 19.8. The quantitative estimate of drug-likeness (QED) is 0.410. The predicted molar refractivity (Wildman–Crippen MR) is 134 cm³/mol. The Morgan fingerprint density at radius 2 is 1.49 bits per heavy atom. The molecule has 0 spiro atoms. The molecule has 35 heavy (non-hydrogen) atoms. The largest absolute Gasteiger partial charge is 0.356 e. The van der Waals surface area contributed by atoms with Crippen molar-refractivity contribution >= 4 is 11.7 Å². The van der Waals surface area contributed by atoms with Crippen LogP contribution in [0.5, 0.6) is 0 Å². The van der Waals surface area contributed by atoms with Crippen LogP contribution in [0.25, 0.3) is 0 Å². The van der Waals surface area contributed by atoms with Crippen LogP contribution in [0.4, 0.5) is 0 Å². The molecule has 1 saturated carbocycles. The number of hydrogen-bond donors (Lipinski definition) is 1. The van der Waals surface area contributed by atoms with Gasteiger partial charge in [-0.3, -0.25) is 24.5 Å². The van der Waals surface area contributed by atoms with E-state index in [4.69, 9.17) is 0 Å². The minimum atomic E-state index is -0.969. The Morgan fingerprint density at radius 3 is 2.06 bits per heavy atom. The third-order valence-corrected chi connectivity index (χ3v) is 6.94. The lowest BCUT2D eigenvalue weighted by Crippen LogP contribution is -2.52. The molecule has 6 heteroatoms. The number of aromatic nitrogens is 2. The Kier molecular flexibility index (Phi) is 6.70. The first-order valence-electron chi connectivity index (χ1n) is 12.4. The lowest BCUT2D eigenvalue weighted by molar-refractivity contribution is -0.134. The van der Waals surface area contributed by atoms with Crippen molar-refractivity contribution < 1.29 is 9.59 Å². The van der Waals surface area contributed by atoms with Gasteiger partial charge in [0.15, 0.2) is 5.78 Å². The van der Waals surface area contributed by atoms with Crippen LogP contribution < -0.4 is 5.32 Å². The van der Waals surface area contributed by atoms with Gasteiger partial charge in [-0.05, 0) is 37.1 Å². The Morgan fingerprint density at radius 1 is 0.886 bits per heavy atom. The van der Waals surface area contributed by atoms with Crippen LogP contribution in [0.15, 0.2) is 91.0 Å². The first-order chi connectivity index (χ1) is 17.1. The van der Waals surface area contributed by atoms with E-state index >= 15 is 0 Å². The molecule has 2 aromatic heterocycles. The van der Waals surface area contributed by atoms with Crippen molar-refractivity contribution in [3.63, 3.8) is 0 Å². The summed E-state index contributed by atoms with van der Waals surface area (Å²) < 4.78 is 0. The van der Waals surface area contributed by atoms with Gasteiger partial charge in [0, 0.05) is 54.3 Å². The van der Waals surface area contributed by atoms with Gasteiger partial charge in [-0.15, -0.1) is 0 Å². The van der Waals surface area contributed by atoms with E-state index in [-0.39, 0.29) is 17.7 Å². The highest BCUT2D eigenvalue weighted by Gasteiger charge is 2.51. The molecule has 1 saturated heterocycles. The van der Waals surface area contributed by atoms with Crippen LogP contribution >= 0.6 is 0 Å². The van der Waals surface area contributed by atoms with E-state index < -0.39 is 5.54 Å². The fourth-order valence-electron chi connectivity index (χ4n) is 5.24. The predicted octanol–water partition coefficient (Wildman–Crippen LogP) is 4.49. The van der Waals surface area contributed by atoms with E-state index in [1.54, 1.807) is 30.6 Å². The van der Waals surface area contributed by atoms with Gasteiger partial charge < -0.3 is 5.32 Å². The van der Waals surface area contributed by atoms with Crippen molar-refractivity contribution in [2.75, 3.05) is 0 Å². The molecule has 5 rings (SSSR count). The summed E-state index contributed by atoms with van der Waals surface area (Å²) in [5, 5.41) is 3.54. The zero-order valence-corrected chi connectivity index (χ0v) is 19.8. The molecule has 0 atom stereocenters. The molecule has 3 aromatic rings. The van der Waals surface area contributed by atoms with Crippen molar-refractivity contribution in [3.05, 3.63) is 108 Å². The molecule has 0 radical (unpaired) electrons. The maximum absolute atomic E-state index is 14.3. The molecule has 3 heterocycles. The summed E-state index contributed by atoms with van der Waals surface area (Å²) in [5.41, 5.74) is 1.28. The summed E-state index contributed by atoms with van der Waals surface area (Å²) in [7, 11) is 0. The summed E-state index contributed by atoms with van der Waals surface area (Å²) in [6.07, 6.45) is 11.1. The molecule has 6 nitrogen and oxygen atoms in total. The monoisotopic (exact) mass is 466 g/mol. The van der Waals surface area contributed by atoms with Crippen LogP contribution in [0.1, 0.15) is 53.8 Å². The van der Waals surface area contributed by atoms with Crippen LogP contribution in [-0.4, -0.2) is 38.1 Å². The maximum atomic E-state index is 14.3. The average Bonchev–Trinajstić information content (AvgIpc) is 3.16. The lowest BCUT2D eigenvalue weighted by Gasteiger charge is -2.32. The van der Waals surface area contributed by atoms with E-state index in [1.807, 2.05) is 59.5 Å². The number of carbonyl (C=O) groups excluding carboxylic acids is 2. The first kappa shape index (κ1) is 23.0. The van der Waals surface area contributed by atoms with Crippen molar-refractivity contribution in [1.29, 1.82) is 0 Å². The van der Waals surface area contributed by atoms with Gasteiger partial charge in [-0.2, -0.15) is 0 Å². The molecule has 2 aliphatic rings. The second-order valence-electron chi connectivity index (χ2n) is 9.43. The summed E-state index contributed by atoms with van der Waals surface area (Å²) in [6, 6.07) is 20.8. The third kappa shape index (κ3) is 5.02. The summed E-state index contributed by atoms with van der Waals surface area (Å²) in [4.78, 5) is 38.4. The van der Waals surface area contributed by atoms with Gasteiger partial charge in [-0.1, -0.05) is 61.7 Å². The maximum Gasteiger partial charge on any atom is 0.254 e. The Balaban J connectivity index is 1.57. The minimum Gasteiger partial charge on any atom is -0.356 e. The lowest BCUT2D eigenvalue weighted by atomic mass is 9.86. The van der Waals surface area contributed by atoms with E-state index in [0.29, 0.717) is 24.2 Å². The minimum absolute atomic E-state index is 0.00665. The number of allylic oxidation sites excluding steroid dienone is 1. The van der Waals surface area contributed by atoms with Gasteiger partial charge in [0.2, 0.25) is 0 Å². The summed E-state index contributed by atoms with van der Waals surface area (Å²) >= 11 is 0. The number of nitrogens with one attached hydrogen (secondary N) is 1. The van der Waals surface area contributed by atoms with Crippen LogP contribution in [0, 0.1) is 0 Å². The molecule has 1 aliphatic carbocycles. The normalized spacial score (nSPS) is 19.0. The van der Waals surface area contributed by atoms with Crippen molar-refractivity contribution in [3.8, 4) is 0 Å². The molecule has 1 amide bonds. The average molecular weight is 467 g/mol. The molecule has 0 bridgehead atoms. The van der Waals surface area contributed by atoms with Gasteiger partial charge in [-0.25, -0.2) is 0 Å². The van der Waals surface area contributed by atoms with Gasteiger partial charge in [0.05, 0.1) is 0 Å². The SMILES string of the molecule is O=C(/C=C1\NC(Cc2ccccn2)(Cc2ccccn2)C(=O)N1C1CCCCC1)c1ccccc1. The number of amides is 1. The number of hydrogen-bond acceptors (Lipinski definition) is 5. The summed E-state index contributed by atoms with van der Waals surface area (Å²) in [5.74, 6) is 0.462. The van der Waals surface area contributed by atoms with Gasteiger partial charge >= 0.3 is 0 Å². The standard InChI is InChI=1S/C29H30N4O2/c34-26(22-11-3-1-4-12-22)19-27-32-29(20-23-13-7-9-17-30-23,21-24-14-8-10-18-31-24)28(35)33(27)25-15-5-2-6-16-25/h1,3-4,7-14,17-19,25,32H,2,5-6,15-16,20-21H2/b27-19+. The van der Waals surface area contributed by atoms with E-state index in [2.05, 4.69) is 15.3 Å². The Hall–Kier alpha value is -3.80. The number of nitrogens with zero attached hydrogens (tertiary/aromatic N) is 3. The Labute approximate surface area is 206 Å². The van der Waals surface area contributed by atoms with Gasteiger partial charge in [0.1, 0.15) is 11.4 Å². The van der Waals surface area contributed by atoms with E-state index in [9.17, 15) is 9.59 Å². The number of benzene rings is 1. The summed E-state index contributed by atoms with van der Waals surface area (Å²) in [6.45, 7) is 0. The van der Waals surface area contributed by atoms with Crippen molar-refractivity contribution in [1.82, 2.24) is 20.2 Å². The highest BCUT2D eigenvalue weighted by Crippen LogP contribution is 2.35. The molecule has 1 aliphatic heterocycles. The first-order valence-corrected chi connectivity index (χ1v) is 12.4. The second kappa shape index (κ2) is 10.2. The number of rotatable bonds is 7. The molecule has 1 N–H and O–H groups in total. The van der Waals surface area contributed by atoms with Crippen LogP contribution in [0.3, 0.4) is 0 Å². The molecule has 1 aromatic carbocycles. The van der Waals surface area contributed by atoms with Crippen LogP contribution in [0.2, 0.25) is 0 Å². The highest BCUT2D eigenvalue weighted by atomic mass is 16.2. The topological polar surface area (TPSA) is 75.2 Å². The van der Waals surface area contributed by atoms with E-state index in [0.717, 1.165) is 37.1 Å². The van der Waals surface area contributed by atoms with Crippen molar-refractivity contribution in [2.24, 2.45) is 0 Å². The highest BCUT2D eigenvalue weighted by molar-refractivity contribution is 6.06. The second-order valence-corrected chi connectivity index (χ2v) is 9.43. The smallest absolute Gasteiger partial charge is 0.254 e. The molecular formula is C29H30N4O2. The number of carbonyl (C=O) groups is 2. The molecular weight excluding hydrogens is 436 g/mol. The fourth-order valence-corrected chi connectivity index (χ4v) is 5.24. The molecule has 178 valence electrons. The number of ketones is 1. The zero-order chi connectivity index (χ0) is 24.1. The van der Waals surface area contributed by atoms with Crippen LogP contribution in [-0.2, 0) is 17.6 Å². The fraction of sp³-hybridized carbons (Fsp3) is 0.310. The van der Waals surface area contributed by atoms with E-state index in [1.165, 1.54) is 6.42 Å². The molecule has 0 unspecified atom stereocenters.